The molecule has 1 aromatic carbocycles. The first-order chi connectivity index (χ1) is 8.73. The normalized spacial score (nSPS) is 12.0. The molecule has 0 aromatic heterocycles. The van der Waals surface area contributed by atoms with Crippen molar-refractivity contribution in [3.63, 3.8) is 0 Å². The Hall–Kier alpha value is -1.60. The molecule has 1 aromatic rings. The van der Waals surface area contributed by atoms with E-state index < -0.39 is 21.2 Å². The number of sulfonamides is 1. The van der Waals surface area contributed by atoms with Crippen molar-refractivity contribution in [2.45, 2.75) is 25.6 Å². The van der Waals surface area contributed by atoms with Gasteiger partial charge >= 0.3 is 0 Å². The van der Waals surface area contributed by atoms with Crippen LogP contribution in [0.2, 0.25) is 0 Å². The Morgan fingerprint density at radius 3 is 2.21 bits per heavy atom. The summed E-state index contributed by atoms with van der Waals surface area (Å²) in [4.78, 5) is 11.0. The van der Waals surface area contributed by atoms with E-state index in [1.807, 2.05) is 0 Å². The quantitative estimate of drug-likeness (QED) is 0.733. The van der Waals surface area contributed by atoms with E-state index in [9.17, 15) is 13.2 Å². The molecule has 0 unspecified atom stereocenters. The number of amides is 1. The lowest BCUT2D eigenvalue weighted by molar-refractivity contribution is -0.118. The van der Waals surface area contributed by atoms with Crippen LogP contribution in [0.1, 0.15) is 19.4 Å². The second-order valence-corrected chi connectivity index (χ2v) is 7.06. The third-order valence-corrected chi connectivity index (χ3v) is 4.80. The standard InChI is InChI=1S/C12H19N3O3S/c1-9(2)19(17,18)15(8-12(14)16)7-10-3-5-11(13)6-4-10/h3-6,9H,7-8,13H2,1-2H3,(H2,14,16). The zero-order chi connectivity index (χ0) is 14.6. The minimum Gasteiger partial charge on any atom is -0.399 e. The van der Waals surface area contributed by atoms with Crippen LogP contribution >= 0.6 is 0 Å². The Kier molecular flexibility index (Phi) is 4.90. The summed E-state index contributed by atoms with van der Waals surface area (Å²) in [5.74, 6) is -0.681. The smallest absolute Gasteiger partial charge is 0.232 e. The van der Waals surface area contributed by atoms with Gasteiger partial charge in [0.2, 0.25) is 15.9 Å². The Morgan fingerprint density at radius 1 is 1.26 bits per heavy atom. The van der Waals surface area contributed by atoms with Gasteiger partial charge in [-0.3, -0.25) is 4.79 Å². The van der Waals surface area contributed by atoms with Gasteiger partial charge in [-0.1, -0.05) is 12.1 Å². The van der Waals surface area contributed by atoms with Gasteiger partial charge in [0.25, 0.3) is 0 Å². The Bertz CT molecular complexity index is 538. The number of rotatable bonds is 6. The van der Waals surface area contributed by atoms with E-state index in [-0.39, 0.29) is 13.1 Å². The van der Waals surface area contributed by atoms with E-state index >= 15 is 0 Å². The van der Waals surface area contributed by atoms with Crippen molar-refractivity contribution in [1.82, 2.24) is 4.31 Å². The fourth-order valence-corrected chi connectivity index (χ4v) is 2.77. The number of hydrogen-bond donors (Lipinski definition) is 2. The van der Waals surface area contributed by atoms with Gasteiger partial charge in [-0.25, -0.2) is 8.42 Å². The molecule has 106 valence electrons. The van der Waals surface area contributed by atoms with E-state index in [0.29, 0.717) is 5.69 Å². The van der Waals surface area contributed by atoms with Crippen LogP contribution in [-0.2, 0) is 21.4 Å². The van der Waals surface area contributed by atoms with Gasteiger partial charge in [0.1, 0.15) is 0 Å². The average molecular weight is 285 g/mol. The first-order valence-electron chi connectivity index (χ1n) is 5.85. The molecule has 0 radical (unpaired) electrons. The van der Waals surface area contributed by atoms with E-state index in [1.54, 1.807) is 38.1 Å². The highest BCUT2D eigenvalue weighted by molar-refractivity contribution is 7.89. The first-order valence-corrected chi connectivity index (χ1v) is 7.35. The predicted octanol–water partition coefficient (Wildman–Crippen LogP) is 0.294. The summed E-state index contributed by atoms with van der Waals surface area (Å²) in [6, 6.07) is 6.80. The predicted molar refractivity (Wildman–Crippen MR) is 74.5 cm³/mol. The van der Waals surface area contributed by atoms with Crippen LogP contribution in [0.25, 0.3) is 0 Å². The number of primary amides is 1. The molecule has 19 heavy (non-hydrogen) atoms. The van der Waals surface area contributed by atoms with Gasteiger partial charge in [-0.15, -0.1) is 0 Å². The molecule has 6 nitrogen and oxygen atoms in total. The van der Waals surface area contributed by atoms with Crippen LogP contribution in [0.3, 0.4) is 0 Å². The second-order valence-electron chi connectivity index (χ2n) is 4.57. The molecule has 0 aliphatic heterocycles. The molecule has 1 rings (SSSR count). The second kappa shape index (κ2) is 6.03. The van der Waals surface area contributed by atoms with Crippen molar-refractivity contribution >= 4 is 21.6 Å². The van der Waals surface area contributed by atoms with Crippen molar-refractivity contribution in [2.75, 3.05) is 12.3 Å². The Morgan fingerprint density at radius 2 is 1.79 bits per heavy atom. The van der Waals surface area contributed by atoms with Crippen molar-refractivity contribution in [1.29, 1.82) is 0 Å². The van der Waals surface area contributed by atoms with E-state index in [2.05, 4.69) is 0 Å². The van der Waals surface area contributed by atoms with Crippen molar-refractivity contribution in [3.8, 4) is 0 Å². The topological polar surface area (TPSA) is 106 Å². The highest BCUT2D eigenvalue weighted by Crippen LogP contribution is 2.14. The molecule has 0 spiro atoms. The highest BCUT2D eigenvalue weighted by Gasteiger charge is 2.27. The maximum absolute atomic E-state index is 12.1. The third-order valence-electron chi connectivity index (χ3n) is 2.63. The fraction of sp³-hybridized carbons (Fsp3) is 0.417. The number of nitrogen functional groups attached to an aromatic ring is 1. The van der Waals surface area contributed by atoms with Crippen LogP contribution in [0.15, 0.2) is 24.3 Å². The van der Waals surface area contributed by atoms with Crippen LogP contribution < -0.4 is 11.5 Å². The number of carbonyl (C=O) groups is 1. The maximum atomic E-state index is 12.1. The summed E-state index contributed by atoms with van der Waals surface area (Å²) in [5.41, 5.74) is 12.0. The minimum atomic E-state index is -3.54. The fourth-order valence-electron chi connectivity index (χ4n) is 1.53. The molecule has 1 amide bonds. The molecule has 0 saturated carbocycles. The Balaban J connectivity index is 2.99. The number of benzene rings is 1. The summed E-state index contributed by atoms with van der Waals surface area (Å²) in [6.07, 6.45) is 0. The largest absolute Gasteiger partial charge is 0.399 e. The molecule has 0 fully saturated rings. The summed E-state index contributed by atoms with van der Waals surface area (Å²) >= 11 is 0. The minimum absolute atomic E-state index is 0.101. The third kappa shape index (κ3) is 4.22. The number of hydrogen-bond acceptors (Lipinski definition) is 4. The van der Waals surface area contributed by atoms with Crippen LogP contribution in [0, 0.1) is 0 Å². The first kappa shape index (κ1) is 15.5. The highest BCUT2D eigenvalue weighted by atomic mass is 32.2. The average Bonchev–Trinajstić information content (AvgIpc) is 2.30. The van der Waals surface area contributed by atoms with Gasteiger partial charge in [0.05, 0.1) is 11.8 Å². The number of anilines is 1. The van der Waals surface area contributed by atoms with Crippen LogP contribution in [0.5, 0.6) is 0 Å². The zero-order valence-electron chi connectivity index (χ0n) is 11.0. The number of carbonyl (C=O) groups excluding carboxylic acids is 1. The van der Waals surface area contributed by atoms with Crippen molar-refractivity contribution in [3.05, 3.63) is 29.8 Å². The summed E-state index contributed by atoms with van der Waals surface area (Å²) < 4.78 is 25.4. The molecular weight excluding hydrogens is 266 g/mol. The lowest BCUT2D eigenvalue weighted by Gasteiger charge is -2.23. The Labute approximate surface area is 113 Å². The molecule has 0 atom stereocenters. The van der Waals surface area contributed by atoms with Gasteiger partial charge in [0.15, 0.2) is 0 Å². The van der Waals surface area contributed by atoms with Gasteiger partial charge in [0, 0.05) is 12.2 Å². The lowest BCUT2D eigenvalue weighted by atomic mass is 10.2. The SMILES string of the molecule is CC(C)S(=O)(=O)N(CC(N)=O)Cc1ccc(N)cc1. The van der Waals surface area contributed by atoms with E-state index in [1.165, 1.54) is 0 Å². The molecule has 0 aliphatic rings. The van der Waals surface area contributed by atoms with Gasteiger partial charge < -0.3 is 11.5 Å². The molecule has 7 heteroatoms. The summed E-state index contributed by atoms with van der Waals surface area (Å²) in [6.45, 7) is 2.90. The lowest BCUT2D eigenvalue weighted by Crippen LogP contribution is -2.41. The maximum Gasteiger partial charge on any atom is 0.232 e. The number of nitrogens with two attached hydrogens (primary N) is 2. The molecule has 4 N–H and O–H groups in total. The van der Waals surface area contributed by atoms with Crippen molar-refractivity contribution < 1.29 is 13.2 Å². The molecule has 0 saturated heterocycles. The van der Waals surface area contributed by atoms with Crippen LogP contribution in [0.4, 0.5) is 5.69 Å². The molecular formula is C12H19N3O3S. The number of nitrogens with zero attached hydrogens (tertiary/aromatic N) is 1. The molecule has 0 heterocycles. The molecule has 0 aliphatic carbocycles. The van der Waals surface area contributed by atoms with Crippen molar-refractivity contribution in [2.24, 2.45) is 5.73 Å². The summed E-state index contributed by atoms with van der Waals surface area (Å²) in [5, 5.41) is -0.611. The van der Waals surface area contributed by atoms with Gasteiger partial charge in [-0.2, -0.15) is 4.31 Å². The van der Waals surface area contributed by atoms with E-state index in [0.717, 1.165) is 9.87 Å². The molecule has 0 bridgehead atoms. The van der Waals surface area contributed by atoms with Crippen LogP contribution in [-0.4, -0.2) is 30.4 Å². The van der Waals surface area contributed by atoms with E-state index in [4.69, 9.17) is 11.5 Å². The zero-order valence-corrected chi connectivity index (χ0v) is 11.9. The summed E-state index contributed by atoms with van der Waals surface area (Å²) in [7, 11) is -3.54. The monoisotopic (exact) mass is 285 g/mol. The van der Waals surface area contributed by atoms with Gasteiger partial charge in [-0.05, 0) is 31.5 Å².